The standard InChI is InChI=1S/C15H19N3O2/c19-15(12-5-2-1-3-6-12)18-10-8-13(11-18)20-14-7-4-9-16-17-14/h1-2,4,7,9,12-13H,3,5-6,8,10-11H2/t12-,13+/m1/s1. The summed E-state index contributed by atoms with van der Waals surface area (Å²) in [4.78, 5) is 14.3. The number of amides is 1. The van der Waals surface area contributed by atoms with E-state index in [1.54, 1.807) is 18.3 Å². The van der Waals surface area contributed by atoms with Crippen LogP contribution < -0.4 is 4.74 Å². The summed E-state index contributed by atoms with van der Waals surface area (Å²) in [7, 11) is 0. The highest BCUT2D eigenvalue weighted by molar-refractivity contribution is 5.79. The minimum absolute atomic E-state index is 0.0368. The third-order valence-electron chi connectivity index (χ3n) is 3.91. The minimum atomic E-state index is 0.0368. The van der Waals surface area contributed by atoms with Crippen LogP contribution >= 0.6 is 0 Å². The zero-order valence-electron chi connectivity index (χ0n) is 11.4. The van der Waals surface area contributed by atoms with Gasteiger partial charge in [-0.15, -0.1) is 5.10 Å². The van der Waals surface area contributed by atoms with Crippen LogP contribution in [-0.2, 0) is 4.79 Å². The lowest BCUT2D eigenvalue weighted by molar-refractivity contribution is -0.135. The number of carbonyl (C=O) groups excluding carboxylic acids is 1. The zero-order chi connectivity index (χ0) is 13.8. The van der Waals surface area contributed by atoms with Crippen molar-refractivity contribution < 1.29 is 9.53 Å². The van der Waals surface area contributed by atoms with Gasteiger partial charge in [-0.05, 0) is 25.3 Å². The van der Waals surface area contributed by atoms with E-state index < -0.39 is 0 Å². The number of hydrogen-bond acceptors (Lipinski definition) is 4. The van der Waals surface area contributed by atoms with Gasteiger partial charge in [-0.2, -0.15) is 5.10 Å². The average Bonchev–Trinajstić information content (AvgIpc) is 2.97. The van der Waals surface area contributed by atoms with Crippen LogP contribution in [-0.4, -0.2) is 40.2 Å². The lowest BCUT2D eigenvalue weighted by atomic mass is 9.93. The molecule has 1 aliphatic carbocycles. The fourth-order valence-corrected chi connectivity index (χ4v) is 2.82. The van der Waals surface area contributed by atoms with Gasteiger partial charge < -0.3 is 9.64 Å². The van der Waals surface area contributed by atoms with E-state index in [1.165, 1.54) is 0 Å². The summed E-state index contributed by atoms with van der Waals surface area (Å²) in [5.41, 5.74) is 0. The number of nitrogens with zero attached hydrogens (tertiary/aromatic N) is 3. The summed E-state index contributed by atoms with van der Waals surface area (Å²) in [6, 6.07) is 3.60. The summed E-state index contributed by atoms with van der Waals surface area (Å²) in [6.45, 7) is 1.44. The van der Waals surface area contributed by atoms with Crippen LogP contribution in [0.4, 0.5) is 0 Å². The number of hydrogen-bond donors (Lipinski definition) is 0. The van der Waals surface area contributed by atoms with Crippen LogP contribution in [0.1, 0.15) is 25.7 Å². The molecule has 1 aromatic rings. The smallest absolute Gasteiger partial charge is 0.233 e. The normalized spacial score (nSPS) is 25.7. The van der Waals surface area contributed by atoms with Gasteiger partial charge in [0.2, 0.25) is 11.8 Å². The molecule has 1 aromatic heterocycles. The molecule has 0 aromatic carbocycles. The fourth-order valence-electron chi connectivity index (χ4n) is 2.82. The number of allylic oxidation sites excluding steroid dienone is 2. The van der Waals surface area contributed by atoms with Crippen molar-refractivity contribution in [3.05, 3.63) is 30.5 Å². The number of ether oxygens (including phenoxy) is 1. The Kier molecular flexibility index (Phi) is 3.95. The van der Waals surface area contributed by atoms with E-state index >= 15 is 0 Å². The maximum absolute atomic E-state index is 12.4. The summed E-state index contributed by atoms with van der Waals surface area (Å²) < 4.78 is 5.76. The molecule has 0 saturated carbocycles. The Morgan fingerprint density at radius 1 is 1.35 bits per heavy atom. The van der Waals surface area contributed by atoms with E-state index in [-0.39, 0.29) is 17.9 Å². The number of likely N-dealkylation sites (tertiary alicyclic amines) is 1. The van der Waals surface area contributed by atoms with E-state index in [4.69, 9.17) is 4.74 Å². The van der Waals surface area contributed by atoms with Crippen molar-refractivity contribution in [3.8, 4) is 5.88 Å². The first-order valence-corrected chi connectivity index (χ1v) is 7.21. The maximum atomic E-state index is 12.4. The minimum Gasteiger partial charge on any atom is -0.471 e. The van der Waals surface area contributed by atoms with E-state index in [0.29, 0.717) is 12.4 Å². The van der Waals surface area contributed by atoms with E-state index in [9.17, 15) is 4.79 Å². The Balaban J connectivity index is 1.54. The molecule has 1 fully saturated rings. The van der Waals surface area contributed by atoms with Crippen LogP contribution in [0.3, 0.4) is 0 Å². The first-order valence-electron chi connectivity index (χ1n) is 7.21. The predicted molar refractivity (Wildman–Crippen MR) is 74.1 cm³/mol. The summed E-state index contributed by atoms with van der Waals surface area (Å²) in [5, 5.41) is 7.71. The van der Waals surface area contributed by atoms with Gasteiger partial charge in [0, 0.05) is 31.1 Å². The highest BCUT2D eigenvalue weighted by atomic mass is 16.5. The maximum Gasteiger partial charge on any atom is 0.233 e. The summed E-state index contributed by atoms with van der Waals surface area (Å²) >= 11 is 0. The molecule has 0 radical (unpaired) electrons. The Morgan fingerprint density at radius 3 is 3.05 bits per heavy atom. The van der Waals surface area contributed by atoms with E-state index in [0.717, 1.165) is 32.2 Å². The molecule has 3 rings (SSSR count). The van der Waals surface area contributed by atoms with Crippen molar-refractivity contribution >= 4 is 5.91 Å². The second-order valence-corrected chi connectivity index (χ2v) is 5.36. The second-order valence-electron chi connectivity index (χ2n) is 5.36. The zero-order valence-corrected chi connectivity index (χ0v) is 11.4. The van der Waals surface area contributed by atoms with Crippen LogP contribution in [0.5, 0.6) is 5.88 Å². The Bertz CT molecular complexity index is 489. The molecule has 20 heavy (non-hydrogen) atoms. The monoisotopic (exact) mass is 273 g/mol. The molecule has 2 heterocycles. The highest BCUT2D eigenvalue weighted by Gasteiger charge is 2.31. The fraction of sp³-hybridized carbons (Fsp3) is 0.533. The molecule has 2 atom stereocenters. The van der Waals surface area contributed by atoms with Crippen molar-refractivity contribution in [1.82, 2.24) is 15.1 Å². The molecular weight excluding hydrogens is 254 g/mol. The molecule has 5 heteroatoms. The lowest BCUT2D eigenvalue weighted by Crippen LogP contribution is -2.36. The van der Waals surface area contributed by atoms with Crippen molar-refractivity contribution in [3.63, 3.8) is 0 Å². The molecule has 0 unspecified atom stereocenters. The van der Waals surface area contributed by atoms with Crippen LogP contribution in [0, 0.1) is 5.92 Å². The van der Waals surface area contributed by atoms with Gasteiger partial charge in [-0.1, -0.05) is 12.2 Å². The summed E-state index contributed by atoms with van der Waals surface area (Å²) in [5.74, 6) is 0.974. The van der Waals surface area contributed by atoms with Crippen LogP contribution in [0.25, 0.3) is 0 Å². The summed E-state index contributed by atoms with van der Waals surface area (Å²) in [6.07, 6.45) is 9.67. The molecule has 1 saturated heterocycles. The van der Waals surface area contributed by atoms with Gasteiger partial charge in [-0.25, -0.2) is 0 Å². The van der Waals surface area contributed by atoms with Crippen molar-refractivity contribution in [2.75, 3.05) is 13.1 Å². The second kappa shape index (κ2) is 6.03. The lowest BCUT2D eigenvalue weighted by Gasteiger charge is -2.24. The molecular formula is C15H19N3O2. The number of rotatable bonds is 3. The Labute approximate surface area is 118 Å². The predicted octanol–water partition coefficient (Wildman–Crippen LogP) is 1.81. The van der Waals surface area contributed by atoms with Gasteiger partial charge in [-0.3, -0.25) is 4.79 Å². The largest absolute Gasteiger partial charge is 0.471 e. The molecule has 1 amide bonds. The van der Waals surface area contributed by atoms with Gasteiger partial charge in [0.25, 0.3) is 0 Å². The first kappa shape index (κ1) is 13.1. The molecule has 0 spiro atoms. The van der Waals surface area contributed by atoms with Crippen LogP contribution in [0.15, 0.2) is 30.5 Å². The Hall–Kier alpha value is -1.91. The van der Waals surface area contributed by atoms with Crippen molar-refractivity contribution in [2.45, 2.75) is 31.8 Å². The third-order valence-corrected chi connectivity index (χ3v) is 3.91. The SMILES string of the molecule is O=C([C@@H]1CC=CCC1)N1CC[C@H](Oc2cccnn2)C1. The molecule has 5 nitrogen and oxygen atoms in total. The Morgan fingerprint density at radius 2 is 2.30 bits per heavy atom. The molecule has 0 N–H and O–H groups in total. The van der Waals surface area contributed by atoms with Crippen LogP contribution in [0.2, 0.25) is 0 Å². The number of carbonyl (C=O) groups is 1. The van der Waals surface area contributed by atoms with Crippen molar-refractivity contribution in [1.29, 1.82) is 0 Å². The van der Waals surface area contributed by atoms with E-state index in [1.807, 2.05) is 4.90 Å². The molecule has 1 aliphatic heterocycles. The first-order chi connectivity index (χ1) is 9.83. The van der Waals surface area contributed by atoms with Gasteiger partial charge >= 0.3 is 0 Å². The quantitative estimate of drug-likeness (QED) is 0.788. The van der Waals surface area contributed by atoms with Crippen molar-refractivity contribution in [2.24, 2.45) is 5.92 Å². The third kappa shape index (κ3) is 2.98. The topological polar surface area (TPSA) is 55.3 Å². The average molecular weight is 273 g/mol. The number of aromatic nitrogens is 2. The molecule has 2 aliphatic rings. The van der Waals surface area contributed by atoms with Gasteiger partial charge in [0.05, 0.1) is 6.54 Å². The highest BCUT2D eigenvalue weighted by Crippen LogP contribution is 2.24. The van der Waals surface area contributed by atoms with Gasteiger partial charge in [0.15, 0.2) is 0 Å². The molecule has 106 valence electrons. The van der Waals surface area contributed by atoms with Gasteiger partial charge in [0.1, 0.15) is 6.10 Å². The molecule has 0 bridgehead atoms. The van der Waals surface area contributed by atoms with E-state index in [2.05, 4.69) is 22.3 Å².